The summed E-state index contributed by atoms with van der Waals surface area (Å²) in [6.45, 7) is 7.41. The molecule has 248 valence electrons. The Bertz CT molecular complexity index is 1410. The monoisotopic (exact) mass is 649 g/mol. The van der Waals surface area contributed by atoms with Gasteiger partial charge >= 0.3 is 12.1 Å². The Morgan fingerprint density at radius 1 is 0.957 bits per heavy atom. The van der Waals surface area contributed by atoms with Crippen LogP contribution >= 0.6 is 11.6 Å². The number of benzene rings is 2. The number of halogens is 1. The van der Waals surface area contributed by atoms with Crippen LogP contribution in [0, 0.1) is 0 Å². The number of carbonyl (C=O) groups excluding carboxylic acids is 3. The van der Waals surface area contributed by atoms with Gasteiger partial charge in [-0.3, -0.25) is 4.79 Å². The molecule has 4 aliphatic heterocycles. The normalized spacial score (nSPS) is 20.7. The molecule has 4 N–H and O–H groups in total. The maximum Gasteiger partial charge on any atom is 0.322 e. The van der Waals surface area contributed by atoms with Gasteiger partial charge in [0.1, 0.15) is 6.04 Å². The third-order valence-corrected chi connectivity index (χ3v) is 10.8. The van der Waals surface area contributed by atoms with Gasteiger partial charge in [-0.25, -0.2) is 9.59 Å². The van der Waals surface area contributed by atoms with E-state index >= 15 is 0 Å². The van der Waals surface area contributed by atoms with E-state index in [0.717, 1.165) is 61.2 Å². The van der Waals surface area contributed by atoms with Gasteiger partial charge in [-0.15, -0.1) is 0 Å². The third-order valence-electron chi connectivity index (χ3n) is 10.5. The molecule has 4 heterocycles. The molecule has 3 fully saturated rings. The van der Waals surface area contributed by atoms with Crippen molar-refractivity contribution in [3.8, 4) is 0 Å². The van der Waals surface area contributed by atoms with E-state index in [0.29, 0.717) is 68.7 Å². The summed E-state index contributed by atoms with van der Waals surface area (Å²) in [5, 5.41) is 6.65. The molecule has 10 nitrogen and oxygen atoms in total. The highest BCUT2D eigenvalue weighted by atomic mass is 35.5. The lowest BCUT2D eigenvalue weighted by Gasteiger charge is -2.39. The average molecular weight is 650 g/mol. The fourth-order valence-corrected chi connectivity index (χ4v) is 7.98. The highest BCUT2D eigenvalue weighted by molar-refractivity contribution is 6.33. The molecule has 0 aliphatic carbocycles. The first-order valence-electron chi connectivity index (χ1n) is 17.1. The SMILES string of the molecule is CCc1cc(C[C@@H](NC(=O)N2CCC(N3CCc4ccccc4NC3=O)CC2)C(=O)N2CCC(N3CCCC3)CC2)cc(Cl)c1N. The summed E-state index contributed by atoms with van der Waals surface area (Å²) < 4.78 is 0. The fraction of sp³-hybridized carbons (Fsp3) is 0.571. The number of aryl methyl sites for hydroxylation is 1. The van der Waals surface area contributed by atoms with Gasteiger partial charge in [0.25, 0.3) is 0 Å². The van der Waals surface area contributed by atoms with Crippen molar-refractivity contribution in [2.45, 2.75) is 82.8 Å². The lowest BCUT2D eigenvalue weighted by atomic mass is 9.98. The van der Waals surface area contributed by atoms with Gasteiger partial charge in [0, 0.05) is 56.9 Å². The predicted molar refractivity (Wildman–Crippen MR) is 182 cm³/mol. The first kappa shape index (κ1) is 32.4. The number of amides is 5. The zero-order valence-corrected chi connectivity index (χ0v) is 27.7. The van der Waals surface area contributed by atoms with Gasteiger partial charge in [-0.2, -0.15) is 0 Å². The second-order valence-electron chi connectivity index (χ2n) is 13.3. The van der Waals surface area contributed by atoms with Crippen LogP contribution in [0.3, 0.4) is 0 Å². The Balaban J connectivity index is 1.10. The summed E-state index contributed by atoms with van der Waals surface area (Å²) in [5.41, 5.74) is 10.6. The van der Waals surface area contributed by atoms with Crippen molar-refractivity contribution in [1.82, 2.24) is 24.9 Å². The Labute approximate surface area is 277 Å². The summed E-state index contributed by atoms with van der Waals surface area (Å²) in [5.74, 6) is -0.0464. The predicted octanol–water partition coefficient (Wildman–Crippen LogP) is 4.75. The number of carbonyl (C=O) groups is 3. The Hall–Kier alpha value is -3.50. The molecule has 0 radical (unpaired) electrons. The Morgan fingerprint density at radius 3 is 2.35 bits per heavy atom. The van der Waals surface area contributed by atoms with E-state index in [1.54, 1.807) is 4.90 Å². The van der Waals surface area contributed by atoms with Crippen LogP contribution in [0.2, 0.25) is 5.02 Å². The smallest absolute Gasteiger partial charge is 0.322 e. The lowest BCUT2D eigenvalue weighted by Crippen LogP contribution is -2.57. The van der Waals surface area contributed by atoms with Crippen molar-refractivity contribution in [3.05, 3.63) is 58.1 Å². The summed E-state index contributed by atoms with van der Waals surface area (Å²) in [6, 6.07) is 11.3. The van der Waals surface area contributed by atoms with E-state index in [2.05, 4.69) is 21.6 Å². The van der Waals surface area contributed by atoms with Gasteiger partial charge in [-0.05, 0) is 93.3 Å². The first-order valence-corrected chi connectivity index (χ1v) is 17.5. The summed E-state index contributed by atoms with van der Waals surface area (Å²) in [7, 11) is 0. The molecule has 0 saturated carbocycles. The zero-order valence-electron chi connectivity index (χ0n) is 27.0. The average Bonchev–Trinajstić information content (AvgIpc) is 3.56. The minimum Gasteiger partial charge on any atom is -0.397 e. The molecule has 3 saturated heterocycles. The van der Waals surface area contributed by atoms with E-state index in [1.165, 1.54) is 12.8 Å². The van der Waals surface area contributed by atoms with Crippen molar-refractivity contribution < 1.29 is 14.4 Å². The zero-order chi connectivity index (χ0) is 32.2. The van der Waals surface area contributed by atoms with Crippen LogP contribution in [0.15, 0.2) is 36.4 Å². The molecule has 1 atom stereocenters. The molecule has 0 aromatic heterocycles. The van der Waals surface area contributed by atoms with Gasteiger partial charge in [0.2, 0.25) is 5.91 Å². The van der Waals surface area contributed by atoms with E-state index in [9.17, 15) is 14.4 Å². The highest BCUT2D eigenvalue weighted by Crippen LogP contribution is 2.28. The maximum absolute atomic E-state index is 14.0. The largest absolute Gasteiger partial charge is 0.397 e. The maximum atomic E-state index is 14.0. The van der Waals surface area contributed by atoms with E-state index in [4.69, 9.17) is 17.3 Å². The molecule has 0 spiro atoms. The second-order valence-corrected chi connectivity index (χ2v) is 13.7. The number of fused-ring (bicyclic) bond motifs is 1. The lowest BCUT2D eigenvalue weighted by molar-refractivity contribution is -0.134. The third kappa shape index (κ3) is 7.23. The Kier molecular flexibility index (Phi) is 10.2. The second kappa shape index (κ2) is 14.5. The van der Waals surface area contributed by atoms with E-state index in [1.807, 2.05) is 47.1 Å². The van der Waals surface area contributed by atoms with Crippen LogP contribution in [-0.4, -0.2) is 102 Å². The molecular formula is C35H48ClN7O3. The highest BCUT2D eigenvalue weighted by Gasteiger charge is 2.35. The quantitative estimate of drug-likeness (QED) is 0.375. The van der Waals surface area contributed by atoms with Gasteiger partial charge in [0.15, 0.2) is 0 Å². The molecule has 6 rings (SSSR count). The number of urea groups is 2. The van der Waals surface area contributed by atoms with E-state index < -0.39 is 6.04 Å². The molecule has 46 heavy (non-hydrogen) atoms. The number of nitrogen functional groups attached to an aromatic ring is 1. The number of hydrogen-bond acceptors (Lipinski definition) is 5. The number of para-hydroxylation sites is 1. The minimum atomic E-state index is -0.715. The molecule has 5 amide bonds. The number of hydrogen-bond donors (Lipinski definition) is 3. The molecule has 2 aromatic carbocycles. The number of anilines is 2. The van der Waals surface area contributed by atoms with Gasteiger partial charge in [-0.1, -0.05) is 42.8 Å². The topological polar surface area (TPSA) is 114 Å². The van der Waals surface area contributed by atoms with Crippen LogP contribution < -0.4 is 16.4 Å². The molecular weight excluding hydrogens is 602 g/mol. The number of nitrogens with one attached hydrogen (secondary N) is 2. The number of rotatable bonds is 7. The van der Waals surface area contributed by atoms with Crippen molar-refractivity contribution in [2.24, 2.45) is 0 Å². The first-order chi connectivity index (χ1) is 22.3. The Morgan fingerprint density at radius 2 is 1.63 bits per heavy atom. The minimum absolute atomic E-state index is 0.0464. The van der Waals surface area contributed by atoms with Crippen molar-refractivity contribution in [3.63, 3.8) is 0 Å². The summed E-state index contributed by atoms with van der Waals surface area (Å²) in [4.78, 5) is 49.0. The van der Waals surface area contributed by atoms with Gasteiger partial charge in [0.05, 0.1) is 10.7 Å². The van der Waals surface area contributed by atoms with Gasteiger partial charge < -0.3 is 36.0 Å². The van der Waals surface area contributed by atoms with Crippen LogP contribution in [0.1, 0.15) is 62.1 Å². The molecule has 4 aliphatic rings. The van der Waals surface area contributed by atoms with Crippen LogP contribution in [0.25, 0.3) is 0 Å². The van der Waals surface area contributed by atoms with Crippen LogP contribution in [-0.2, 0) is 24.1 Å². The standard InChI is InChI=1S/C35H48ClN7O3/c1-2-25-21-24(22-29(36)32(25)37)23-31(33(44)41-16-10-27(11-17-41)40-14-5-6-15-40)39-34(45)42-18-12-28(13-19-42)43-20-9-26-7-3-4-8-30(26)38-35(43)46/h3-4,7-8,21-22,27-28,31H,2,5-6,9-20,23,37H2,1H3,(H,38,46)(H,39,45)/t31-/m1/s1. The van der Waals surface area contributed by atoms with Crippen molar-refractivity contribution in [1.29, 1.82) is 0 Å². The summed E-state index contributed by atoms with van der Waals surface area (Å²) >= 11 is 6.49. The van der Waals surface area contributed by atoms with E-state index in [-0.39, 0.29) is 24.0 Å². The number of nitrogens with two attached hydrogens (primary N) is 1. The van der Waals surface area contributed by atoms with Crippen LogP contribution in [0.5, 0.6) is 0 Å². The molecule has 0 bridgehead atoms. The fourth-order valence-electron chi connectivity index (χ4n) is 7.72. The number of likely N-dealkylation sites (tertiary alicyclic amines) is 3. The molecule has 2 aromatic rings. The van der Waals surface area contributed by atoms with Crippen molar-refractivity contribution >= 4 is 40.9 Å². The number of nitrogens with zero attached hydrogens (tertiary/aromatic N) is 4. The summed E-state index contributed by atoms with van der Waals surface area (Å²) in [6.07, 6.45) is 7.68. The van der Waals surface area contributed by atoms with Crippen molar-refractivity contribution in [2.75, 3.05) is 56.9 Å². The molecule has 0 unspecified atom stereocenters. The van der Waals surface area contributed by atoms with Crippen LogP contribution in [0.4, 0.5) is 21.0 Å². The molecule has 11 heteroatoms. The number of piperidine rings is 2.